The van der Waals surface area contributed by atoms with E-state index in [1.54, 1.807) is 0 Å². The van der Waals surface area contributed by atoms with E-state index in [1.165, 1.54) is 12.8 Å². The van der Waals surface area contributed by atoms with Crippen molar-refractivity contribution in [2.24, 2.45) is 28.0 Å². The van der Waals surface area contributed by atoms with Crippen molar-refractivity contribution in [2.75, 3.05) is 6.54 Å². The van der Waals surface area contributed by atoms with Gasteiger partial charge in [-0.2, -0.15) is 4.99 Å². The van der Waals surface area contributed by atoms with Crippen molar-refractivity contribution in [3.05, 3.63) is 0 Å². The maximum absolute atomic E-state index is 12.1. The summed E-state index contributed by atoms with van der Waals surface area (Å²) in [7, 11) is 0. The van der Waals surface area contributed by atoms with Gasteiger partial charge in [0.15, 0.2) is 0 Å². The zero-order valence-corrected chi connectivity index (χ0v) is 11.6. The Bertz CT molecular complexity index is 425. The summed E-state index contributed by atoms with van der Waals surface area (Å²) < 4.78 is 0. The molecule has 1 spiro atoms. The molecule has 0 bridgehead atoms. The Kier molecular flexibility index (Phi) is 2.32. The summed E-state index contributed by atoms with van der Waals surface area (Å²) in [6.45, 7) is 7.60. The van der Waals surface area contributed by atoms with Crippen LogP contribution < -0.4 is 5.73 Å². The van der Waals surface area contributed by atoms with Gasteiger partial charge in [0, 0.05) is 6.54 Å². The number of carbonyl (C=O) groups excluding carboxylic acids is 1. The van der Waals surface area contributed by atoms with E-state index in [1.807, 2.05) is 4.90 Å². The van der Waals surface area contributed by atoms with Gasteiger partial charge in [-0.25, -0.2) is 4.79 Å². The Morgan fingerprint density at radius 2 is 2.11 bits per heavy atom. The third-order valence-corrected chi connectivity index (χ3v) is 4.93. The van der Waals surface area contributed by atoms with E-state index in [0.717, 1.165) is 19.4 Å². The van der Waals surface area contributed by atoms with Crippen molar-refractivity contribution >= 4 is 11.9 Å². The second-order valence-corrected chi connectivity index (χ2v) is 7.20. The fourth-order valence-corrected chi connectivity index (χ4v) is 4.05. The maximum atomic E-state index is 12.1. The number of rotatable bonds is 2. The summed E-state index contributed by atoms with van der Waals surface area (Å²) in [5, 5.41) is 0. The SMILES string of the molecule is CC1CC(C)(C)CC12C(N)=NC(=O)N2CC1CC1. The molecule has 2 aliphatic carbocycles. The highest BCUT2D eigenvalue weighted by Gasteiger charge is 2.59. The van der Waals surface area contributed by atoms with Gasteiger partial charge in [0.1, 0.15) is 11.4 Å². The first kappa shape index (κ1) is 12.0. The second-order valence-electron chi connectivity index (χ2n) is 7.20. The van der Waals surface area contributed by atoms with Crippen molar-refractivity contribution in [1.29, 1.82) is 0 Å². The Hall–Kier alpha value is -1.06. The molecular formula is C14H23N3O. The quantitative estimate of drug-likeness (QED) is 0.817. The molecule has 2 amide bonds. The molecule has 1 heterocycles. The lowest BCUT2D eigenvalue weighted by molar-refractivity contribution is 0.142. The molecular weight excluding hydrogens is 226 g/mol. The molecule has 0 aromatic carbocycles. The van der Waals surface area contributed by atoms with Gasteiger partial charge < -0.3 is 10.6 Å². The summed E-state index contributed by atoms with van der Waals surface area (Å²) in [5.41, 5.74) is 6.10. The molecule has 18 heavy (non-hydrogen) atoms. The first-order valence-corrected chi connectivity index (χ1v) is 7.01. The molecule has 0 radical (unpaired) electrons. The number of nitrogens with two attached hydrogens (primary N) is 1. The normalized spacial score (nSPS) is 38.6. The number of amides is 2. The Balaban J connectivity index is 1.95. The van der Waals surface area contributed by atoms with Gasteiger partial charge in [0.2, 0.25) is 0 Å². The molecule has 2 N–H and O–H groups in total. The molecule has 4 nitrogen and oxygen atoms in total. The fourth-order valence-electron chi connectivity index (χ4n) is 4.05. The van der Waals surface area contributed by atoms with Crippen molar-refractivity contribution in [3.8, 4) is 0 Å². The minimum absolute atomic E-state index is 0.107. The molecule has 2 atom stereocenters. The first-order valence-electron chi connectivity index (χ1n) is 7.01. The first-order chi connectivity index (χ1) is 8.35. The number of nitrogens with zero attached hydrogens (tertiary/aromatic N) is 2. The number of hydrogen-bond acceptors (Lipinski definition) is 2. The average Bonchev–Trinajstić information content (AvgIpc) is 2.96. The van der Waals surface area contributed by atoms with E-state index in [0.29, 0.717) is 17.7 Å². The zero-order valence-electron chi connectivity index (χ0n) is 11.6. The highest BCUT2D eigenvalue weighted by molar-refractivity contribution is 6.06. The van der Waals surface area contributed by atoms with Gasteiger partial charge in [0.25, 0.3) is 0 Å². The number of urea groups is 1. The van der Waals surface area contributed by atoms with E-state index in [-0.39, 0.29) is 17.0 Å². The second kappa shape index (κ2) is 3.49. The van der Waals surface area contributed by atoms with Crippen LogP contribution in [0.2, 0.25) is 0 Å². The lowest BCUT2D eigenvalue weighted by Crippen LogP contribution is -2.56. The largest absolute Gasteiger partial charge is 0.385 e. The van der Waals surface area contributed by atoms with Crippen molar-refractivity contribution in [1.82, 2.24) is 4.90 Å². The predicted octanol–water partition coefficient (Wildman–Crippen LogP) is 2.38. The van der Waals surface area contributed by atoms with Gasteiger partial charge in [0.05, 0.1) is 0 Å². The van der Waals surface area contributed by atoms with Crippen LogP contribution in [-0.4, -0.2) is 28.9 Å². The summed E-state index contributed by atoms with van der Waals surface area (Å²) in [4.78, 5) is 18.2. The highest BCUT2D eigenvalue weighted by atomic mass is 16.2. The molecule has 0 aromatic heterocycles. The van der Waals surface area contributed by atoms with E-state index in [9.17, 15) is 4.79 Å². The van der Waals surface area contributed by atoms with Crippen LogP contribution in [-0.2, 0) is 0 Å². The van der Waals surface area contributed by atoms with Crippen LogP contribution in [0.3, 0.4) is 0 Å². The molecule has 3 aliphatic rings. The lowest BCUT2D eigenvalue weighted by atomic mass is 9.84. The summed E-state index contributed by atoms with van der Waals surface area (Å²) in [6, 6.07) is -0.107. The molecule has 0 saturated heterocycles. The average molecular weight is 249 g/mol. The smallest absolute Gasteiger partial charge is 0.346 e. The molecule has 100 valence electrons. The van der Waals surface area contributed by atoms with Crippen LogP contribution in [0, 0.1) is 17.3 Å². The van der Waals surface area contributed by atoms with Crippen LogP contribution >= 0.6 is 0 Å². The Morgan fingerprint density at radius 3 is 2.61 bits per heavy atom. The van der Waals surface area contributed by atoms with Gasteiger partial charge in [-0.1, -0.05) is 20.8 Å². The highest BCUT2D eigenvalue weighted by Crippen LogP contribution is 2.53. The summed E-state index contributed by atoms with van der Waals surface area (Å²) in [5.74, 6) is 1.65. The van der Waals surface area contributed by atoms with Gasteiger partial charge in [-0.3, -0.25) is 0 Å². The van der Waals surface area contributed by atoms with Crippen molar-refractivity contribution in [3.63, 3.8) is 0 Å². The number of amidine groups is 1. The molecule has 2 fully saturated rings. The van der Waals surface area contributed by atoms with E-state index >= 15 is 0 Å². The standard InChI is InChI=1S/C14H23N3O/c1-9-6-13(2,3)8-14(9)11(15)16-12(18)17(14)7-10-4-5-10/h9-10H,4-8H2,1-3H3,(H2,15,16,18). The zero-order chi connectivity index (χ0) is 13.1. The predicted molar refractivity (Wildman–Crippen MR) is 71.4 cm³/mol. The molecule has 2 unspecified atom stereocenters. The molecule has 1 aliphatic heterocycles. The van der Waals surface area contributed by atoms with Gasteiger partial charge in [-0.05, 0) is 42.9 Å². The monoisotopic (exact) mass is 249 g/mol. The van der Waals surface area contributed by atoms with Gasteiger partial charge >= 0.3 is 6.03 Å². The van der Waals surface area contributed by atoms with Crippen LogP contribution in [0.25, 0.3) is 0 Å². The molecule has 4 heteroatoms. The van der Waals surface area contributed by atoms with E-state index in [2.05, 4.69) is 25.8 Å². The van der Waals surface area contributed by atoms with E-state index < -0.39 is 0 Å². The Morgan fingerprint density at radius 1 is 1.44 bits per heavy atom. The summed E-state index contributed by atoms with van der Waals surface area (Å²) >= 11 is 0. The van der Waals surface area contributed by atoms with Crippen LogP contribution in [0.15, 0.2) is 4.99 Å². The molecule has 0 aromatic rings. The number of hydrogen-bond donors (Lipinski definition) is 1. The van der Waals surface area contributed by atoms with Crippen molar-refractivity contribution in [2.45, 2.75) is 52.0 Å². The van der Waals surface area contributed by atoms with Crippen LogP contribution in [0.5, 0.6) is 0 Å². The minimum atomic E-state index is -0.289. The fraction of sp³-hybridized carbons (Fsp3) is 0.857. The maximum Gasteiger partial charge on any atom is 0.346 e. The summed E-state index contributed by atoms with van der Waals surface area (Å²) in [6.07, 6.45) is 4.56. The molecule has 2 saturated carbocycles. The number of aliphatic imine (C=N–C) groups is 1. The molecule has 3 rings (SSSR count). The van der Waals surface area contributed by atoms with Crippen LogP contribution in [0.4, 0.5) is 4.79 Å². The van der Waals surface area contributed by atoms with Crippen LogP contribution in [0.1, 0.15) is 46.5 Å². The minimum Gasteiger partial charge on any atom is -0.385 e. The topological polar surface area (TPSA) is 58.7 Å². The lowest BCUT2D eigenvalue weighted by Gasteiger charge is -2.39. The number of carbonyl (C=O) groups is 1. The van der Waals surface area contributed by atoms with Gasteiger partial charge in [-0.15, -0.1) is 0 Å². The Labute approximate surface area is 109 Å². The van der Waals surface area contributed by atoms with Crippen molar-refractivity contribution < 1.29 is 4.79 Å². The van der Waals surface area contributed by atoms with E-state index in [4.69, 9.17) is 5.73 Å². The third kappa shape index (κ3) is 1.57. The third-order valence-electron chi connectivity index (χ3n) is 4.93.